The van der Waals surface area contributed by atoms with Crippen LogP contribution in [0.2, 0.25) is 0 Å². The topological polar surface area (TPSA) is 49.4 Å². The van der Waals surface area contributed by atoms with Crippen molar-refractivity contribution in [3.8, 4) is 0 Å². The van der Waals surface area contributed by atoms with E-state index in [-0.39, 0.29) is 5.75 Å². The van der Waals surface area contributed by atoms with Gasteiger partial charge in [0.05, 0.1) is 5.75 Å². The molecule has 2 atom stereocenters. The average Bonchev–Trinajstić information content (AvgIpc) is 2.71. The first-order valence-electron chi connectivity index (χ1n) is 6.29. The van der Waals surface area contributed by atoms with E-state index in [1.807, 2.05) is 0 Å². The molecule has 0 aromatic heterocycles. The molecular formula is C11H22N2O2S. The van der Waals surface area contributed by atoms with Gasteiger partial charge in [0.1, 0.15) is 0 Å². The van der Waals surface area contributed by atoms with E-state index in [1.165, 1.54) is 19.3 Å². The molecule has 1 heterocycles. The lowest BCUT2D eigenvalue weighted by molar-refractivity contribution is 0.260. The summed E-state index contributed by atoms with van der Waals surface area (Å²) in [5, 5.41) is 2.91. The second-order valence-electron chi connectivity index (χ2n) is 4.93. The SMILES string of the molecule is CNCCS(=O)(=O)N1CCC2CCCCC21. The molecule has 1 saturated heterocycles. The minimum absolute atomic E-state index is 0.243. The van der Waals surface area contributed by atoms with Gasteiger partial charge in [0, 0.05) is 19.1 Å². The number of sulfonamides is 1. The molecular weight excluding hydrogens is 224 g/mol. The molecule has 0 bridgehead atoms. The number of hydrogen-bond acceptors (Lipinski definition) is 3. The molecule has 2 unspecified atom stereocenters. The second-order valence-corrected chi connectivity index (χ2v) is 6.97. The highest BCUT2D eigenvalue weighted by Crippen LogP contribution is 2.37. The van der Waals surface area contributed by atoms with Crippen LogP contribution in [0.1, 0.15) is 32.1 Å². The quantitative estimate of drug-likeness (QED) is 0.798. The van der Waals surface area contributed by atoms with E-state index in [0.29, 0.717) is 18.5 Å². The Morgan fingerprint density at radius 1 is 1.25 bits per heavy atom. The van der Waals surface area contributed by atoms with Gasteiger partial charge in [-0.1, -0.05) is 12.8 Å². The molecule has 5 heteroatoms. The minimum Gasteiger partial charge on any atom is -0.319 e. The van der Waals surface area contributed by atoms with Crippen molar-refractivity contribution in [2.45, 2.75) is 38.1 Å². The van der Waals surface area contributed by atoms with E-state index in [1.54, 1.807) is 11.4 Å². The van der Waals surface area contributed by atoms with Crippen LogP contribution >= 0.6 is 0 Å². The van der Waals surface area contributed by atoms with Crippen LogP contribution in [0.25, 0.3) is 0 Å². The first-order chi connectivity index (χ1) is 7.65. The summed E-state index contributed by atoms with van der Waals surface area (Å²) in [6.45, 7) is 1.30. The van der Waals surface area contributed by atoms with Crippen molar-refractivity contribution < 1.29 is 8.42 Å². The normalized spacial score (nSPS) is 31.6. The standard InChI is InChI=1S/C11H22N2O2S/c1-12-7-9-16(14,15)13-8-6-10-4-2-3-5-11(10)13/h10-12H,2-9H2,1H3. The van der Waals surface area contributed by atoms with Gasteiger partial charge >= 0.3 is 0 Å². The Balaban J connectivity index is 2.04. The van der Waals surface area contributed by atoms with Crippen molar-refractivity contribution in [2.24, 2.45) is 5.92 Å². The zero-order valence-electron chi connectivity index (χ0n) is 9.98. The van der Waals surface area contributed by atoms with Crippen molar-refractivity contribution in [3.05, 3.63) is 0 Å². The first kappa shape index (κ1) is 12.3. The zero-order chi connectivity index (χ0) is 11.6. The summed E-state index contributed by atoms with van der Waals surface area (Å²) < 4.78 is 26.1. The molecule has 0 spiro atoms. The number of nitrogens with one attached hydrogen (secondary N) is 1. The highest BCUT2D eigenvalue weighted by atomic mass is 32.2. The average molecular weight is 246 g/mol. The maximum Gasteiger partial charge on any atom is 0.215 e. The summed E-state index contributed by atoms with van der Waals surface area (Å²) in [7, 11) is -1.23. The Morgan fingerprint density at radius 3 is 2.75 bits per heavy atom. The van der Waals surface area contributed by atoms with Gasteiger partial charge in [0.25, 0.3) is 0 Å². The first-order valence-corrected chi connectivity index (χ1v) is 7.90. The summed E-state index contributed by atoms with van der Waals surface area (Å²) in [6.07, 6.45) is 5.85. The molecule has 0 aromatic carbocycles. The largest absolute Gasteiger partial charge is 0.319 e. The van der Waals surface area contributed by atoms with E-state index in [9.17, 15) is 8.42 Å². The molecule has 94 valence electrons. The number of rotatable bonds is 4. The summed E-state index contributed by atoms with van der Waals surface area (Å²) in [6, 6.07) is 0.315. The third kappa shape index (κ3) is 2.41. The highest BCUT2D eigenvalue weighted by Gasteiger charge is 2.41. The molecule has 1 aliphatic carbocycles. The van der Waals surface area contributed by atoms with Crippen LogP contribution in [-0.2, 0) is 10.0 Å². The van der Waals surface area contributed by atoms with Crippen LogP contribution < -0.4 is 5.32 Å². The zero-order valence-corrected chi connectivity index (χ0v) is 10.8. The second kappa shape index (κ2) is 5.02. The lowest BCUT2D eigenvalue weighted by Crippen LogP contribution is -2.41. The Morgan fingerprint density at radius 2 is 2.00 bits per heavy atom. The maximum absolute atomic E-state index is 12.1. The van der Waals surface area contributed by atoms with Crippen LogP contribution in [0.4, 0.5) is 0 Å². The van der Waals surface area contributed by atoms with Gasteiger partial charge in [0.15, 0.2) is 0 Å². The van der Waals surface area contributed by atoms with Gasteiger partial charge in [-0.2, -0.15) is 4.31 Å². The van der Waals surface area contributed by atoms with Crippen LogP contribution in [-0.4, -0.2) is 44.7 Å². The molecule has 2 rings (SSSR count). The van der Waals surface area contributed by atoms with Crippen LogP contribution in [0.3, 0.4) is 0 Å². The Labute approximate surface area is 98.4 Å². The van der Waals surface area contributed by atoms with Crippen LogP contribution in [0.15, 0.2) is 0 Å². The Hall–Kier alpha value is -0.130. The van der Waals surface area contributed by atoms with Crippen molar-refractivity contribution in [1.29, 1.82) is 0 Å². The molecule has 1 aliphatic heterocycles. The summed E-state index contributed by atoms with van der Waals surface area (Å²) in [5.74, 6) is 0.880. The monoisotopic (exact) mass is 246 g/mol. The fraction of sp³-hybridized carbons (Fsp3) is 1.00. The van der Waals surface area contributed by atoms with Gasteiger partial charge in [-0.3, -0.25) is 0 Å². The molecule has 0 aromatic rings. The van der Waals surface area contributed by atoms with Gasteiger partial charge < -0.3 is 5.32 Å². The molecule has 4 nitrogen and oxygen atoms in total. The van der Waals surface area contributed by atoms with Crippen LogP contribution in [0, 0.1) is 5.92 Å². The fourth-order valence-electron chi connectivity index (χ4n) is 3.06. The predicted molar refractivity (Wildman–Crippen MR) is 64.8 cm³/mol. The number of hydrogen-bond donors (Lipinski definition) is 1. The lowest BCUT2D eigenvalue weighted by atomic mass is 9.86. The summed E-state index contributed by atoms with van der Waals surface area (Å²) in [4.78, 5) is 0. The van der Waals surface area contributed by atoms with E-state index in [4.69, 9.17) is 0 Å². The number of fused-ring (bicyclic) bond motifs is 1. The smallest absolute Gasteiger partial charge is 0.215 e. The van der Waals surface area contributed by atoms with Gasteiger partial charge in [-0.25, -0.2) is 8.42 Å². The fourth-order valence-corrected chi connectivity index (χ4v) is 4.83. The molecule has 1 N–H and O–H groups in total. The van der Waals surface area contributed by atoms with Gasteiger partial charge in [-0.15, -0.1) is 0 Å². The summed E-state index contributed by atoms with van der Waals surface area (Å²) in [5.41, 5.74) is 0. The van der Waals surface area contributed by atoms with Gasteiger partial charge in [-0.05, 0) is 32.2 Å². The maximum atomic E-state index is 12.1. The third-order valence-corrected chi connectivity index (χ3v) is 5.81. The van der Waals surface area contributed by atoms with E-state index in [0.717, 1.165) is 19.4 Å². The van der Waals surface area contributed by atoms with E-state index < -0.39 is 10.0 Å². The minimum atomic E-state index is -3.02. The molecule has 16 heavy (non-hydrogen) atoms. The third-order valence-electron chi connectivity index (χ3n) is 3.93. The van der Waals surface area contributed by atoms with Crippen molar-refractivity contribution >= 4 is 10.0 Å². The molecule has 0 radical (unpaired) electrons. The van der Waals surface area contributed by atoms with Crippen molar-refractivity contribution in [1.82, 2.24) is 9.62 Å². The Kier molecular flexibility index (Phi) is 3.87. The predicted octanol–water partition coefficient (Wildman–Crippen LogP) is 0.800. The van der Waals surface area contributed by atoms with Crippen molar-refractivity contribution in [2.75, 3.05) is 25.9 Å². The van der Waals surface area contributed by atoms with Crippen molar-refractivity contribution in [3.63, 3.8) is 0 Å². The molecule has 2 aliphatic rings. The molecule has 1 saturated carbocycles. The van der Waals surface area contributed by atoms with Crippen LogP contribution in [0.5, 0.6) is 0 Å². The van der Waals surface area contributed by atoms with E-state index in [2.05, 4.69) is 5.32 Å². The van der Waals surface area contributed by atoms with Gasteiger partial charge in [0.2, 0.25) is 10.0 Å². The lowest BCUT2D eigenvalue weighted by Gasteiger charge is -2.31. The number of nitrogens with zero attached hydrogens (tertiary/aromatic N) is 1. The van der Waals surface area contributed by atoms with E-state index >= 15 is 0 Å². The molecule has 2 fully saturated rings. The summed E-state index contributed by atoms with van der Waals surface area (Å²) >= 11 is 0. The molecule has 0 amide bonds. The highest BCUT2D eigenvalue weighted by molar-refractivity contribution is 7.89. The Bertz CT molecular complexity index is 329.